The molecule has 0 N–H and O–H groups in total. The predicted molar refractivity (Wildman–Crippen MR) is 78.1 cm³/mol. The summed E-state index contributed by atoms with van der Waals surface area (Å²) in [7, 11) is -1.66. The Morgan fingerprint density at radius 2 is 1.96 bits per heavy atom. The van der Waals surface area contributed by atoms with Gasteiger partial charge in [0.05, 0.1) is 5.75 Å². The molecule has 1 atom stereocenters. The molecule has 2 aromatic rings. The van der Waals surface area contributed by atoms with E-state index in [-0.39, 0.29) is 17.3 Å². The van der Waals surface area contributed by atoms with Crippen LogP contribution in [0.2, 0.25) is 0 Å². The number of alkyl halides is 3. The molecule has 2 aromatic heterocycles. The van der Waals surface area contributed by atoms with Crippen molar-refractivity contribution in [2.75, 3.05) is 24.0 Å². The predicted octanol–water partition coefficient (Wildman–Crippen LogP) is 1.32. The number of halogens is 3. The molecule has 0 aliphatic heterocycles. The van der Waals surface area contributed by atoms with Crippen molar-refractivity contribution in [2.24, 2.45) is 0 Å². The highest BCUT2D eigenvalue weighted by Gasteiger charge is 2.37. The zero-order valence-electron chi connectivity index (χ0n) is 13.0. The maximum atomic E-state index is 12.8. The van der Waals surface area contributed by atoms with E-state index in [0.717, 1.165) is 10.8 Å². The van der Waals surface area contributed by atoms with E-state index in [1.54, 1.807) is 20.9 Å². The molecule has 0 spiro atoms. The Kier molecular flexibility index (Phi) is 4.26. The van der Waals surface area contributed by atoms with Crippen LogP contribution in [0.25, 0.3) is 5.78 Å². The first-order valence-electron chi connectivity index (χ1n) is 6.60. The Morgan fingerprint density at radius 1 is 1.35 bits per heavy atom. The summed E-state index contributed by atoms with van der Waals surface area (Å²) in [6, 6.07) is 1.06. The number of aryl methyl sites for hydroxylation is 1. The summed E-state index contributed by atoms with van der Waals surface area (Å²) in [5.74, 6) is -1.34. The topological polar surface area (TPSA) is 80.5 Å². The number of fused-ring (bicyclic) bond motifs is 1. The minimum Gasteiger partial charge on any atom is -0.356 e. The molecule has 0 amide bonds. The number of sulfone groups is 1. The van der Waals surface area contributed by atoms with Crippen molar-refractivity contribution in [1.29, 1.82) is 0 Å². The second-order valence-electron chi connectivity index (χ2n) is 5.45. The highest BCUT2D eigenvalue weighted by Crippen LogP contribution is 2.27. The molecule has 0 aliphatic rings. The van der Waals surface area contributed by atoms with Gasteiger partial charge in [-0.1, -0.05) is 0 Å². The lowest BCUT2D eigenvalue weighted by Crippen LogP contribution is -2.36. The zero-order chi connectivity index (χ0) is 17.6. The number of hydrogen-bond acceptors (Lipinski definition) is 6. The van der Waals surface area contributed by atoms with E-state index < -0.39 is 27.9 Å². The lowest BCUT2D eigenvalue weighted by Gasteiger charge is -2.26. The standard InChI is InChI=1S/C12H16F3N5O2S/c1-7-5-9(19(3)8(2)6-23(4,21)22)20-11(16-7)17-10(18-20)12(13,14)15/h5,8H,6H2,1-4H3. The first-order valence-corrected chi connectivity index (χ1v) is 8.66. The third kappa shape index (κ3) is 3.89. The van der Waals surface area contributed by atoms with Gasteiger partial charge >= 0.3 is 6.18 Å². The van der Waals surface area contributed by atoms with Crippen molar-refractivity contribution in [1.82, 2.24) is 19.6 Å². The quantitative estimate of drug-likeness (QED) is 0.826. The lowest BCUT2D eigenvalue weighted by molar-refractivity contribution is -0.144. The number of aromatic nitrogens is 4. The van der Waals surface area contributed by atoms with Gasteiger partial charge in [0.15, 0.2) is 0 Å². The van der Waals surface area contributed by atoms with Crippen molar-refractivity contribution in [3.63, 3.8) is 0 Å². The fourth-order valence-corrected chi connectivity index (χ4v) is 3.21. The summed E-state index contributed by atoms with van der Waals surface area (Å²) in [5.41, 5.74) is 0.451. The molecule has 2 rings (SSSR count). The fourth-order valence-electron chi connectivity index (χ4n) is 2.11. The van der Waals surface area contributed by atoms with Gasteiger partial charge in [-0.25, -0.2) is 13.4 Å². The zero-order valence-corrected chi connectivity index (χ0v) is 13.8. The van der Waals surface area contributed by atoms with Gasteiger partial charge in [-0.05, 0) is 13.8 Å². The number of anilines is 1. The summed E-state index contributed by atoms with van der Waals surface area (Å²) in [4.78, 5) is 8.86. The Balaban J connectivity index is 2.53. The Morgan fingerprint density at radius 3 is 2.48 bits per heavy atom. The largest absolute Gasteiger partial charge is 0.453 e. The molecule has 0 radical (unpaired) electrons. The van der Waals surface area contributed by atoms with E-state index in [1.807, 2.05) is 0 Å². The summed E-state index contributed by atoms with van der Waals surface area (Å²) in [5, 5.41) is 3.45. The minimum atomic E-state index is -4.68. The molecule has 0 aliphatic carbocycles. The van der Waals surface area contributed by atoms with Gasteiger partial charge in [-0.2, -0.15) is 22.7 Å². The highest BCUT2D eigenvalue weighted by atomic mass is 32.2. The second kappa shape index (κ2) is 5.62. The van der Waals surface area contributed by atoms with Crippen LogP contribution in [0.3, 0.4) is 0 Å². The van der Waals surface area contributed by atoms with Crippen molar-refractivity contribution in [3.8, 4) is 0 Å². The maximum absolute atomic E-state index is 12.8. The first kappa shape index (κ1) is 17.4. The second-order valence-corrected chi connectivity index (χ2v) is 7.64. The van der Waals surface area contributed by atoms with Crippen LogP contribution in [0.4, 0.5) is 19.0 Å². The molecule has 7 nitrogen and oxygen atoms in total. The minimum absolute atomic E-state index is 0.146. The van der Waals surface area contributed by atoms with Gasteiger partial charge in [0.2, 0.25) is 0 Å². The van der Waals surface area contributed by atoms with Crippen molar-refractivity contribution in [2.45, 2.75) is 26.1 Å². The van der Waals surface area contributed by atoms with Gasteiger partial charge in [0.1, 0.15) is 15.7 Å². The Bertz CT molecular complexity index is 831. The highest BCUT2D eigenvalue weighted by molar-refractivity contribution is 7.90. The first-order chi connectivity index (χ1) is 10.4. The molecular weight excluding hydrogens is 335 g/mol. The summed E-state index contributed by atoms with van der Waals surface area (Å²) in [6.45, 7) is 3.27. The third-order valence-corrected chi connectivity index (χ3v) is 4.33. The summed E-state index contributed by atoms with van der Waals surface area (Å²) >= 11 is 0. The molecular formula is C12H16F3N5O2S. The van der Waals surface area contributed by atoms with Crippen molar-refractivity contribution in [3.05, 3.63) is 17.6 Å². The molecule has 11 heteroatoms. The normalized spacial score (nSPS) is 14.2. The van der Waals surface area contributed by atoms with E-state index in [2.05, 4.69) is 15.1 Å². The summed E-state index contributed by atoms with van der Waals surface area (Å²) in [6.07, 6.45) is -3.59. The third-order valence-electron chi connectivity index (χ3n) is 3.24. The van der Waals surface area contributed by atoms with E-state index in [0.29, 0.717) is 5.69 Å². The van der Waals surface area contributed by atoms with Crippen LogP contribution in [0.5, 0.6) is 0 Å². The average Bonchev–Trinajstić information content (AvgIpc) is 2.78. The van der Waals surface area contributed by atoms with E-state index in [4.69, 9.17) is 0 Å². The Labute approximate surface area is 131 Å². The molecule has 1 unspecified atom stereocenters. The fraction of sp³-hybridized carbons (Fsp3) is 0.583. The van der Waals surface area contributed by atoms with Crippen molar-refractivity contribution >= 4 is 21.4 Å². The van der Waals surface area contributed by atoms with Gasteiger partial charge in [-0.15, -0.1) is 5.10 Å². The average molecular weight is 351 g/mol. The lowest BCUT2D eigenvalue weighted by atomic mass is 10.3. The van der Waals surface area contributed by atoms with Crippen molar-refractivity contribution < 1.29 is 21.6 Å². The van der Waals surface area contributed by atoms with Crippen LogP contribution >= 0.6 is 0 Å². The number of hydrogen-bond donors (Lipinski definition) is 0. The maximum Gasteiger partial charge on any atom is 0.453 e. The summed E-state index contributed by atoms with van der Waals surface area (Å²) < 4.78 is 62.2. The van der Waals surface area contributed by atoms with Crippen LogP contribution in [-0.2, 0) is 16.0 Å². The van der Waals surface area contributed by atoms with Crippen LogP contribution in [-0.4, -0.2) is 53.1 Å². The van der Waals surface area contributed by atoms with Crippen LogP contribution in [0.15, 0.2) is 6.07 Å². The molecule has 2 heterocycles. The van der Waals surface area contributed by atoms with E-state index >= 15 is 0 Å². The van der Waals surface area contributed by atoms with Crippen LogP contribution < -0.4 is 4.90 Å². The number of rotatable bonds is 4. The smallest absolute Gasteiger partial charge is 0.356 e. The van der Waals surface area contributed by atoms with Gasteiger partial charge in [0.25, 0.3) is 11.6 Å². The Hall–Kier alpha value is -1.91. The number of nitrogens with zero attached hydrogens (tertiary/aromatic N) is 5. The molecule has 0 fully saturated rings. The van der Waals surface area contributed by atoms with E-state index in [9.17, 15) is 21.6 Å². The molecule has 0 saturated carbocycles. The molecule has 0 aromatic carbocycles. The monoisotopic (exact) mass is 351 g/mol. The molecule has 128 valence electrons. The molecule has 0 bridgehead atoms. The SMILES string of the molecule is Cc1cc(N(C)C(C)CS(C)(=O)=O)n2nc(C(F)(F)F)nc2n1. The molecule has 0 saturated heterocycles. The van der Waals surface area contributed by atoms with E-state index in [1.165, 1.54) is 11.0 Å². The molecule has 23 heavy (non-hydrogen) atoms. The van der Waals surface area contributed by atoms with Gasteiger partial charge in [0, 0.05) is 31.1 Å². The van der Waals surface area contributed by atoms with Crippen LogP contribution in [0, 0.1) is 6.92 Å². The van der Waals surface area contributed by atoms with Crippen LogP contribution in [0.1, 0.15) is 18.4 Å². The van der Waals surface area contributed by atoms with Gasteiger partial charge < -0.3 is 4.90 Å². The van der Waals surface area contributed by atoms with Gasteiger partial charge in [-0.3, -0.25) is 0 Å².